The molecule has 4 aliphatic rings. The molecule has 0 aromatic heterocycles. The normalized spacial score (nSPS) is 54.2. The van der Waals surface area contributed by atoms with Crippen LogP contribution < -0.4 is 0 Å². The van der Waals surface area contributed by atoms with Crippen molar-refractivity contribution in [1.29, 1.82) is 0 Å². The third-order valence-electron chi connectivity index (χ3n) is 4.25. The van der Waals surface area contributed by atoms with Crippen molar-refractivity contribution < 1.29 is 0 Å². The average Bonchev–Trinajstić information content (AvgIpc) is 2.16. The van der Waals surface area contributed by atoms with E-state index in [0.29, 0.717) is 0 Å². The van der Waals surface area contributed by atoms with Gasteiger partial charge in [-0.2, -0.15) is 0 Å². The molecule has 4 atom stereocenters. The Balaban J connectivity index is 1.78. The Hall–Kier alpha value is 0.730. The van der Waals surface area contributed by atoms with E-state index in [1.54, 1.807) is 36.5 Å². The Morgan fingerprint density at radius 2 is 1.92 bits per heavy atom. The van der Waals surface area contributed by atoms with Crippen LogP contribution in [0.25, 0.3) is 0 Å². The van der Waals surface area contributed by atoms with E-state index < -0.39 is 0 Å². The molecule has 1 aliphatic carbocycles. The van der Waals surface area contributed by atoms with E-state index in [9.17, 15) is 0 Å². The summed E-state index contributed by atoms with van der Waals surface area (Å²) >= 11 is -0.357. The molecule has 3 heterocycles. The molecule has 3 aliphatic heterocycles. The van der Waals surface area contributed by atoms with Crippen molar-refractivity contribution in [3.63, 3.8) is 0 Å². The third-order valence-corrected chi connectivity index (χ3v) is 13.6. The average molecular weight is 278 g/mol. The Labute approximate surface area is 82.9 Å². The molecule has 0 amide bonds. The summed E-state index contributed by atoms with van der Waals surface area (Å²) in [6.45, 7) is 2.57. The molecule has 70 valence electrons. The topological polar surface area (TPSA) is 0 Å². The summed E-state index contributed by atoms with van der Waals surface area (Å²) in [4.78, 5) is 0. The van der Waals surface area contributed by atoms with Crippen molar-refractivity contribution >= 4 is 19.8 Å². The first kappa shape index (κ1) is 8.07. The monoisotopic (exact) mass is 278 g/mol. The van der Waals surface area contributed by atoms with Crippen LogP contribution in [-0.2, 0) is 0 Å². The maximum absolute atomic E-state index is 2.57. The van der Waals surface area contributed by atoms with Crippen LogP contribution >= 0.6 is 19.8 Å². The first-order valence-electron chi connectivity index (χ1n) is 5.49. The van der Waals surface area contributed by atoms with E-state index in [0.717, 1.165) is 0 Å². The van der Waals surface area contributed by atoms with Gasteiger partial charge in [0.2, 0.25) is 0 Å². The molecule has 0 radical (unpaired) electrons. The zero-order valence-electron chi connectivity index (χ0n) is 7.93. The number of rotatable bonds is 0. The van der Waals surface area contributed by atoms with Crippen LogP contribution in [0.15, 0.2) is 0 Å². The van der Waals surface area contributed by atoms with E-state index in [4.69, 9.17) is 0 Å². The van der Waals surface area contributed by atoms with Crippen LogP contribution in [0.1, 0.15) is 39.0 Å². The van der Waals surface area contributed by atoms with Gasteiger partial charge in [-0.3, -0.25) is 0 Å². The molecule has 0 N–H and O–H groups in total. The predicted octanol–water partition coefficient (Wildman–Crippen LogP) is 3.47. The second-order valence-electron chi connectivity index (χ2n) is 4.82. The van der Waals surface area contributed by atoms with Gasteiger partial charge in [-0.25, -0.2) is 0 Å². The quantitative estimate of drug-likeness (QED) is 0.470. The van der Waals surface area contributed by atoms with Crippen molar-refractivity contribution in [3.8, 4) is 0 Å². The standard InChI is InChI=1S/C11H19I/c1-8-10-6-9-4-2-3-5-11(9)12(8)7-10/h8-11H,2-7H2,1H3. The van der Waals surface area contributed by atoms with Gasteiger partial charge in [0.05, 0.1) is 0 Å². The van der Waals surface area contributed by atoms with Gasteiger partial charge >= 0.3 is 83.0 Å². The first-order chi connectivity index (χ1) is 5.86. The van der Waals surface area contributed by atoms with E-state index in [2.05, 4.69) is 6.92 Å². The molecular formula is C11H19I. The first-order valence-corrected chi connectivity index (χ1v) is 9.51. The summed E-state index contributed by atoms with van der Waals surface area (Å²) in [6, 6.07) is 0. The number of alkyl halides is 3. The van der Waals surface area contributed by atoms with Crippen LogP contribution in [0.5, 0.6) is 0 Å². The molecule has 1 saturated carbocycles. The van der Waals surface area contributed by atoms with Crippen molar-refractivity contribution in [2.75, 3.05) is 4.43 Å². The van der Waals surface area contributed by atoms with Gasteiger partial charge < -0.3 is 0 Å². The SMILES string of the molecule is CC1C2CC3CCCCC3I1C2. The Kier molecular flexibility index (Phi) is 1.92. The third kappa shape index (κ3) is 1.01. The molecule has 12 heavy (non-hydrogen) atoms. The van der Waals surface area contributed by atoms with E-state index in [1.807, 2.05) is 0 Å². The second kappa shape index (κ2) is 2.86. The Morgan fingerprint density at radius 3 is 2.75 bits per heavy atom. The van der Waals surface area contributed by atoms with Gasteiger partial charge in [0.1, 0.15) is 0 Å². The Bertz CT molecular complexity index is 185. The summed E-state index contributed by atoms with van der Waals surface area (Å²) in [7, 11) is 0. The fourth-order valence-electron chi connectivity index (χ4n) is 3.42. The van der Waals surface area contributed by atoms with Crippen LogP contribution in [0.3, 0.4) is 0 Å². The van der Waals surface area contributed by atoms with Gasteiger partial charge in [-0.15, -0.1) is 0 Å². The second-order valence-corrected chi connectivity index (χ2v) is 11.7. The van der Waals surface area contributed by atoms with Crippen molar-refractivity contribution in [1.82, 2.24) is 0 Å². The minimum atomic E-state index is -0.357. The van der Waals surface area contributed by atoms with Crippen LogP contribution in [0, 0.1) is 11.8 Å². The van der Waals surface area contributed by atoms with Crippen LogP contribution in [-0.4, -0.2) is 12.3 Å². The van der Waals surface area contributed by atoms with Crippen molar-refractivity contribution in [2.24, 2.45) is 11.8 Å². The Morgan fingerprint density at radius 1 is 1.08 bits per heavy atom. The van der Waals surface area contributed by atoms with Crippen molar-refractivity contribution in [2.45, 2.75) is 46.9 Å². The molecule has 0 spiro atoms. The zero-order chi connectivity index (χ0) is 8.13. The zero-order valence-corrected chi connectivity index (χ0v) is 10.1. The molecule has 3 saturated heterocycles. The number of hydrogen-bond acceptors (Lipinski definition) is 0. The fourth-order valence-corrected chi connectivity index (χ4v) is 12.9. The van der Waals surface area contributed by atoms with E-state index in [1.165, 1.54) is 19.7 Å². The molecule has 4 fully saturated rings. The van der Waals surface area contributed by atoms with Gasteiger partial charge in [-0.05, 0) is 0 Å². The fraction of sp³-hybridized carbons (Fsp3) is 1.00. The molecule has 4 unspecified atom stereocenters. The maximum atomic E-state index is 2.57. The number of halogens is 1. The van der Waals surface area contributed by atoms with Gasteiger partial charge in [-0.1, -0.05) is 0 Å². The molecule has 1 heteroatoms. The molecule has 0 aromatic rings. The predicted molar refractivity (Wildman–Crippen MR) is 62.2 cm³/mol. The summed E-state index contributed by atoms with van der Waals surface area (Å²) in [5, 5.41) is 0. The molecule has 4 rings (SSSR count). The summed E-state index contributed by atoms with van der Waals surface area (Å²) in [5.41, 5.74) is 0. The van der Waals surface area contributed by atoms with Gasteiger partial charge in [0.25, 0.3) is 0 Å². The molecular weight excluding hydrogens is 259 g/mol. The number of hydrogen-bond donors (Lipinski definition) is 0. The van der Waals surface area contributed by atoms with Gasteiger partial charge in [0.15, 0.2) is 0 Å². The van der Waals surface area contributed by atoms with E-state index >= 15 is 0 Å². The molecule has 2 bridgehead atoms. The van der Waals surface area contributed by atoms with E-state index in [-0.39, 0.29) is 19.8 Å². The van der Waals surface area contributed by atoms with Crippen LogP contribution in [0.4, 0.5) is 0 Å². The molecule has 0 aromatic carbocycles. The molecule has 0 nitrogen and oxygen atoms in total. The van der Waals surface area contributed by atoms with Gasteiger partial charge in [0, 0.05) is 0 Å². The summed E-state index contributed by atoms with van der Waals surface area (Å²) in [6.07, 6.45) is 8.03. The van der Waals surface area contributed by atoms with Crippen molar-refractivity contribution in [3.05, 3.63) is 0 Å². The summed E-state index contributed by atoms with van der Waals surface area (Å²) in [5.74, 6) is 2.45. The summed E-state index contributed by atoms with van der Waals surface area (Å²) < 4.78 is 4.34. The van der Waals surface area contributed by atoms with Crippen LogP contribution in [0.2, 0.25) is 0 Å². The minimum absolute atomic E-state index is 0.357.